The zero-order valence-electron chi connectivity index (χ0n) is 12.6. The van der Waals surface area contributed by atoms with Crippen LogP contribution in [0.4, 0.5) is 0 Å². The number of hydrogen-bond donors (Lipinski definition) is 1. The predicted octanol–water partition coefficient (Wildman–Crippen LogP) is 3.28. The topological polar surface area (TPSA) is 67.8 Å². The number of nitrogens with zero attached hydrogens (tertiary/aromatic N) is 3. The first kappa shape index (κ1) is 14.6. The van der Waals surface area contributed by atoms with E-state index in [0.29, 0.717) is 16.4 Å². The Morgan fingerprint density at radius 1 is 1.14 bits per heavy atom. The van der Waals surface area contributed by atoms with Gasteiger partial charge in [0.2, 0.25) is 0 Å². The van der Waals surface area contributed by atoms with Crippen LogP contribution in [0.15, 0.2) is 36.7 Å². The Kier molecular flexibility index (Phi) is 3.62. The Morgan fingerprint density at radius 3 is 2.59 bits per heavy atom. The number of carbonyl (C=O) groups excluding carboxylic acids is 1. The monoisotopic (exact) mass is 312 g/mol. The summed E-state index contributed by atoms with van der Waals surface area (Å²) in [6, 6.07) is 7.85. The highest BCUT2D eigenvalue weighted by atomic mass is 32.1. The smallest absolute Gasteiger partial charge is 0.272 e. The summed E-state index contributed by atoms with van der Waals surface area (Å²) in [6.07, 6.45) is 3.10. The van der Waals surface area contributed by atoms with Crippen LogP contribution in [0.2, 0.25) is 0 Å². The molecule has 0 aliphatic carbocycles. The quantitative estimate of drug-likeness (QED) is 0.788. The number of amides is 1. The lowest BCUT2D eigenvalue weighted by atomic mass is 10.1. The van der Waals surface area contributed by atoms with Crippen molar-refractivity contribution >= 4 is 27.5 Å². The van der Waals surface area contributed by atoms with Gasteiger partial charge in [-0.3, -0.25) is 4.79 Å². The summed E-state index contributed by atoms with van der Waals surface area (Å²) < 4.78 is 1.06. The summed E-state index contributed by atoms with van der Waals surface area (Å²) >= 11 is 1.51. The number of aromatic nitrogens is 3. The van der Waals surface area contributed by atoms with Crippen LogP contribution in [0.1, 0.15) is 31.3 Å². The van der Waals surface area contributed by atoms with Crippen molar-refractivity contribution in [2.75, 3.05) is 0 Å². The van der Waals surface area contributed by atoms with Crippen molar-refractivity contribution in [3.8, 4) is 10.7 Å². The molecule has 2 aromatic heterocycles. The van der Waals surface area contributed by atoms with Crippen LogP contribution in [0.25, 0.3) is 20.9 Å². The molecule has 0 radical (unpaired) electrons. The van der Waals surface area contributed by atoms with Crippen LogP contribution in [-0.4, -0.2) is 26.4 Å². The molecule has 0 aliphatic rings. The van der Waals surface area contributed by atoms with Gasteiger partial charge in [-0.25, -0.2) is 15.0 Å². The van der Waals surface area contributed by atoms with Crippen LogP contribution in [0.3, 0.4) is 0 Å². The molecule has 0 saturated heterocycles. The van der Waals surface area contributed by atoms with E-state index in [2.05, 4.69) is 20.3 Å². The summed E-state index contributed by atoms with van der Waals surface area (Å²) in [5.41, 5.74) is 1.39. The zero-order chi connectivity index (χ0) is 15.7. The highest BCUT2D eigenvalue weighted by Gasteiger charge is 2.22. The largest absolute Gasteiger partial charge is 0.346 e. The molecule has 0 saturated carbocycles. The van der Waals surface area contributed by atoms with Gasteiger partial charge in [0.15, 0.2) is 5.69 Å². The lowest BCUT2D eigenvalue weighted by Crippen LogP contribution is -2.41. The van der Waals surface area contributed by atoms with E-state index in [-0.39, 0.29) is 11.4 Å². The van der Waals surface area contributed by atoms with Gasteiger partial charge >= 0.3 is 0 Å². The van der Waals surface area contributed by atoms with Gasteiger partial charge in [0.05, 0.1) is 10.2 Å². The second-order valence-corrected chi connectivity index (χ2v) is 6.98. The molecule has 1 N–H and O–H groups in total. The number of fused-ring (bicyclic) bond motifs is 1. The number of rotatable bonds is 2. The van der Waals surface area contributed by atoms with Gasteiger partial charge in [-0.15, -0.1) is 11.3 Å². The highest BCUT2D eigenvalue weighted by Crippen LogP contribution is 2.30. The van der Waals surface area contributed by atoms with Crippen molar-refractivity contribution in [1.29, 1.82) is 0 Å². The molecular weight excluding hydrogens is 296 g/mol. The minimum absolute atomic E-state index is 0.241. The van der Waals surface area contributed by atoms with Gasteiger partial charge in [-0.1, -0.05) is 12.1 Å². The summed E-state index contributed by atoms with van der Waals surface area (Å²) in [5.74, 6) is -0.241. The van der Waals surface area contributed by atoms with Crippen LogP contribution in [0, 0.1) is 0 Å². The summed E-state index contributed by atoms with van der Waals surface area (Å²) in [5, 5.41) is 3.62. The summed E-state index contributed by atoms with van der Waals surface area (Å²) in [4.78, 5) is 25.5. The van der Waals surface area contributed by atoms with Crippen LogP contribution < -0.4 is 5.32 Å². The molecule has 0 fully saturated rings. The molecule has 0 atom stereocenters. The Balaban J connectivity index is 2.06. The third-order valence-corrected chi connectivity index (χ3v) is 3.94. The van der Waals surface area contributed by atoms with Gasteiger partial charge in [-0.2, -0.15) is 0 Å². The molecule has 22 heavy (non-hydrogen) atoms. The fourth-order valence-corrected chi connectivity index (χ4v) is 3.00. The van der Waals surface area contributed by atoms with E-state index in [1.54, 1.807) is 6.20 Å². The van der Waals surface area contributed by atoms with Crippen molar-refractivity contribution in [3.63, 3.8) is 0 Å². The van der Waals surface area contributed by atoms with Crippen molar-refractivity contribution < 1.29 is 4.79 Å². The number of para-hydroxylation sites is 1. The Hall–Kier alpha value is -2.34. The first-order valence-electron chi connectivity index (χ1n) is 6.93. The molecule has 0 unspecified atom stereocenters. The minimum Gasteiger partial charge on any atom is -0.346 e. The number of nitrogens with one attached hydrogen (secondary N) is 1. The normalized spacial score (nSPS) is 11.6. The van der Waals surface area contributed by atoms with E-state index in [4.69, 9.17) is 0 Å². The first-order chi connectivity index (χ1) is 10.4. The highest BCUT2D eigenvalue weighted by molar-refractivity contribution is 7.21. The van der Waals surface area contributed by atoms with Gasteiger partial charge in [0, 0.05) is 17.9 Å². The summed E-state index contributed by atoms with van der Waals surface area (Å²) in [7, 11) is 0. The third-order valence-electron chi connectivity index (χ3n) is 2.90. The molecule has 5 nitrogen and oxygen atoms in total. The number of hydrogen-bond acceptors (Lipinski definition) is 5. The van der Waals surface area contributed by atoms with Gasteiger partial charge in [-0.05, 0) is 32.9 Å². The first-order valence-corrected chi connectivity index (χ1v) is 7.75. The predicted molar refractivity (Wildman–Crippen MR) is 87.9 cm³/mol. The van der Waals surface area contributed by atoms with Gasteiger partial charge in [0.25, 0.3) is 5.91 Å². The van der Waals surface area contributed by atoms with E-state index in [1.807, 2.05) is 45.0 Å². The average Bonchev–Trinajstić information content (AvgIpc) is 2.89. The lowest BCUT2D eigenvalue weighted by Gasteiger charge is -2.20. The summed E-state index contributed by atoms with van der Waals surface area (Å²) in [6.45, 7) is 5.79. The van der Waals surface area contributed by atoms with Crippen molar-refractivity contribution in [2.45, 2.75) is 26.3 Å². The van der Waals surface area contributed by atoms with E-state index < -0.39 is 0 Å². The molecule has 0 bridgehead atoms. The van der Waals surface area contributed by atoms with Crippen LogP contribution >= 0.6 is 11.3 Å². The molecule has 2 heterocycles. The van der Waals surface area contributed by atoms with Crippen molar-refractivity contribution in [1.82, 2.24) is 20.3 Å². The fourth-order valence-electron chi connectivity index (χ4n) is 2.03. The van der Waals surface area contributed by atoms with E-state index >= 15 is 0 Å². The maximum atomic E-state index is 12.4. The molecule has 1 amide bonds. The third kappa shape index (κ3) is 2.96. The molecule has 0 spiro atoms. The van der Waals surface area contributed by atoms with Crippen LogP contribution in [0.5, 0.6) is 0 Å². The molecule has 1 aromatic carbocycles. The number of benzene rings is 1. The molecule has 3 aromatic rings. The van der Waals surface area contributed by atoms with Gasteiger partial charge in [0.1, 0.15) is 10.7 Å². The van der Waals surface area contributed by atoms with E-state index in [0.717, 1.165) is 10.2 Å². The number of carbonyl (C=O) groups is 1. The second-order valence-electron chi connectivity index (χ2n) is 5.94. The molecule has 6 heteroatoms. The minimum atomic E-state index is -0.334. The van der Waals surface area contributed by atoms with Crippen molar-refractivity contribution in [3.05, 3.63) is 42.4 Å². The van der Waals surface area contributed by atoms with Crippen molar-refractivity contribution in [2.24, 2.45) is 0 Å². The Bertz CT molecular complexity index is 802. The fraction of sp³-hybridized carbons (Fsp3) is 0.250. The van der Waals surface area contributed by atoms with E-state index in [1.165, 1.54) is 17.5 Å². The molecular formula is C16H16N4OS. The average molecular weight is 312 g/mol. The van der Waals surface area contributed by atoms with Gasteiger partial charge < -0.3 is 5.32 Å². The lowest BCUT2D eigenvalue weighted by molar-refractivity contribution is 0.0915. The second kappa shape index (κ2) is 5.46. The zero-order valence-corrected chi connectivity index (χ0v) is 13.4. The SMILES string of the molecule is CC(C)(C)NC(=O)c1nccnc1-c1nc2ccccc2s1. The molecule has 112 valence electrons. The maximum Gasteiger partial charge on any atom is 0.272 e. The standard InChI is InChI=1S/C16H16N4OS/c1-16(2,3)20-14(21)12-13(18-9-8-17-12)15-19-10-6-4-5-7-11(10)22-15/h4-9H,1-3H3,(H,20,21). The Labute approximate surface area is 132 Å². The maximum absolute atomic E-state index is 12.4. The Morgan fingerprint density at radius 2 is 1.86 bits per heavy atom. The molecule has 3 rings (SSSR count). The van der Waals surface area contributed by atoms with E-state index in [9.17, 15) is 4.79 Å². The number of thiazole rings is 1. The molecule has 0 aliphatic heterocycles. The van der Waals surface area contributed by atoms with Crippen LogP contribution in [-0.2, 0) is 0 Å².